The van der Waals surface area contributed by atoms with E-state index in [9.17, 15) is 71.3 Å². The SMILES string of the molecule is Cc1ccccc1C[C@H](NC(=O)[C@H](CCC(=O)O)NC(=O)[C@H](CC(=O)O)NC(=O)c1coccc1=O)C(=O)N[C@H](C(=O)N[C@@H](CC(C)C)C(=O)N[C@H](C=O)CC(F)(F)F)C(C)(C)C. The van der Waals surface area contributed by atoms with Gasteiger partial charge in [0.2, 0.25) is 29.5 Å². The van der Waals surface area contributed by atoms with E-state index in [0.29, 0.717) is 11.1 Å². The van der Waals surface area contributed by atoms with E-state index in [2.05, 4.69) is 26.6 Å². The highest BCUT2D eigenvalue weighted by atomic mass is 19.4. The maximum Gasteiger partial charge on any atom is 0.391 e. The molecule has 0 fully saturated rings. The number of benzene rings is 1. The second-order valence-corrected chi connectivity index (χ2v) is 16.2. The topological polar surface area (TPSA) is 296 Å². The number of aryl methyl sites for hydroxylation is 1. The number of carbonyl (C=O) groups is 9. The molecule has 1 aromatic heterocycles. The largest absolute Gasteiger partial charge is 0.481 e. The summed E-state index contributed by atoms with van der Waals surface area (Å²) in [4.78, 5) is 128. The summed E-state index contributed by atoms with van der Waals surface area (Å²) in [6.07, 6.45) is -7.53. The van der Waals surface area contributed by atoms with Crippen molar-refractivity contribution in [1.29, 1.82) is 0 Å². The molecule has 0 radical (unpaired) electrons. The van der Waals surface area contributed by atoms with Crippen LogP contribution >= 0.6 is 0 Å². The van der Waals surface area contributed by atoms with E-state index in [4.69, 9.17) is 4.42 Å². The molecule has 22 heteroatoms. The summed E-state index contributed by atoms with van der Waals surface area (Å²) in [5.41, 5.74) is -1.37. The van der Waals surface area contributed by atoms with Crippen LogP contribution in [0, 0.1) is 18.3 Å². The van der Waals surface area contributed by atoms with E-state index < -0.39 is 132 Å². The maximum absolute atomic E-state index is 14.2. The average molecular weight is 895 g/mol. The number of halogens is 3. The highest BCUT2D eigenvalue weighted by Gasteiger charge is 2.39. The lowest BCUT2D eigenvalue weighted by Crippen LogP contribution is -2.62. The summed E-state index contributed by atoms with van der Waals surface area (Å²) in [6.45, 7) is 9.67. The molecular weight excluding hydrogens is 841 g/mol. The van der Waals surface area contributed by atoms with Crippen LogP contribution in [0.4, 0.5) is 13.2 Å². The van der Waals surface area contributed by atoms with Crippen LogP contribution in [-0.2, 0) is 44.8 Å². The van der Waals surface area contributed by atoms with E-state index in [0.717, 1.165) is 18.6 Å². The van der Waals surface area contributed by atoms with Crippen molar-refractivity contribution in [3.05, 3.63) is 69.8 Å². The number of hydrogen-bond donors (Lipinski definition) is 8. The number of alkyl halides is 3. The van der Waals surface area contributed by atoms with E-state index in [1.165, 1.54) is 0 Å². The maximum atomic E-state index is 14.2. The molecule has 6 amide bonds. The van der Waals surface area contributed by atoms with Gasteiger partial charge in [-0.2, -0.15) is 13.2 Å². The molecule has 0 aliphatic heterocycles. The number of hydrogen-bond acceptors (Lipinski definition) is 11. The van der Waals surface area contributed by atoms with Crippen molar-refractivity contribution >= 4 is 53.7 Å². The van der Waals surface area contributed by atoms with Gasteiger partial charge in [0.1, 0.15) is 48.3 Å². The van der Waals surface area contributed by atoms with Crippen molar-refractivity contribution in [3.63, 3.8) is 0 Å². The lowest BCUT2D eigenvalue weighted by molar-refractivity contribution is -0.147. The summed E-state index contributed by atoms with van der Waals surface area (Å²) in [5, 5.41) is 32.7. The predicted octanol–water partition coefficient (Wildman–Crippen LogP) is 1.30. The number of aldehydes is 1. The Bertz CT molecular complexity index is 2050. The van der Waals surface area contributed by atoms with Crippen molar-refractivity contribution in [2.75, 3.05) is 0 Å². The van der Waals surface area contributed by atoms with Crippen molar-refractivity contribution in [2.45, 2.75) is 122 Å². The fourth-order valence-corrected chi connectivity index (χ4v) is 6.03. The van der Waals surface area contributed by atoms with Crippen LogP contribution in [-0.4, -0.2) is 106 Å². The van der Waals surface area contributed by atoms with Crippen molar-refractivity contribution < 1.29 is 71.0 Å². The summed E-state index contributed by atoms with van der Waals surface area (Å²) < 4.78 is 43.9. The van der Waals surface area contributed by atoms with Crippen LogP contribution < -0.4 is 37.3 Å². The molecule has 0 aliphatic carbocycles. The fourth-order valence-electron chi connectivity index (χ4n) is 6.03. The molecule has 0 aliphatic rings. The van der Waals surface area contributed by atoms with Gasteiger partial charge >= 0.3 is 18.1 Å². The lowest BCUT2D eigenvalue weighted by atomic mass is 9.85. The normalized spacial score (nSPS) is 14.4. The van der Waals surface area contributed by atoms with E-state index in [-0.39, 0.29) is 25.0 Å². The minimum absolute atomic E-state index is 0.0855. The van der Waals surface area contributed by atoms with Gasteiger partial charge in [-0.1, -0.05) is 58.9 Å². The van der Waals surface area contributed by atoms with E-state index >= 15 is 0 Å². The van der Waals surface area contributed by atoms with Gasteiger partial charge in [-0.25, -0.2) is 0 Å². The van der Waals surface area contributed by atoms with Crippen molar-refractivity contribution in [2.24, 2.45) is 11.3 Å². The molecular formula is C41H53F3N6O13. The molecule has 0 spiro atoms. The van der Waals surface area contributed by atoms with Crippen molar-refractivity contribution in [3.8, 4) is 0 Å². The minimum atomic E-state index is -4.80. The van der Waals surface area contributed by atoms with E-state index in [1.54, 1.807) is 65.8 Å². The fraction of sp³-hybridized carbons (Fsp3) is 0.512. The number of rotatable bonds is 23. The van der Waals surface area contributed by atoms with Crippen LogP contribution in [0.25, 0.3) is 0 Å². The minimum Gasteiger partial charge on any atom is -0.481 e. The Morgan fingerprint density at radius 1 is 0.746 bits per heavy atom. The number of carboxylic acid groups (broad SMARTS) is 2. The van der Waals surface area contributed by atoms with Crippen LogP contribution in [0.15, 0.2) is 52.1 Å². The third-order valence-electron chi connectivity index (χ3n) is 9.29. The Morgan fingerprint density at radius 2 is 1.32 bits per heavy atom. The standard InChI is InChI=1S/C41H53F3N6O13/c1-21(2)15-27(36(59)45-24(19-51)18-41(42,43)44)49-39(62)33(40(4,5)6)50-38(61)28(16-23-10-8-7-9-22(23)3)48-35(58)26(11-12-31(53)54)46-37(60)29(17-32(55)56)47-34(57)25-20-63-14-13-30(25)52/h7-10,13-14,19-21,24,26-29,33H,11-12,15-18H2,1-6H3,(H,45,59)(H,46,60)(H,47,57)(H,48,58)(H,49,62)(H,50,61)(H,53,54)(H,55,56)/t24-,26-,27-,28-,29-,33+/m0/s1. The number of carbonyl (C=O) groups excluding carboxylic acids is 7. The molecule has 19 nitrogen and oxygen atoms in total. The second-order valence-electron chi connectivity index (χ2n) is 16.2. The first-order valence-electron chi connectivity index (χ1n) is 19.6. The third kappa shape index (κ3) is 18.1. The van der Waals surface area contributed by atoms with E-state index in [1.807, 2.05) is 5.32 Å². The molecule has 346 valence electrons. The molecule has 1 aromatic carbocycles. The first-order chi connectivity index (χ1) is 29.2. The summed E-state index contributed by atoms with van der Waals surface area (Å²) >= 11 is 0. The Kier molecular flexibility index (Phi) is 19.6. The van der Waals surface area contributed by atoms with Gasteiger partial charge in [0, 0.05) is 18.9 Å². The lowest BCUT2D eigenvalue weighted by Gasteiger charge is -2.34. The molecule has 2 rings (SSSR count). The average Bonchev–Trinajstić information content (AvgIpc) is 3.16. The Labute approximate surface area is 359 Å². The van der Waals surface area contributed by atoms with Gasteiger partial charge in [-0.15, -0.1) is 0 Å². The Hall–Kier alpha value is -6.61. The molecule has 6 atom stereocenters. The predicted molar refractivity (Wildman–Crippen MR) is 216 cm³/mol. The van der Waals surface area contributed by atoms with Gasteiger partial charge in [0.25, 0.3) is 5.91 Å². The van der Waals surface area contributed by atoms with Crippen LogP contribution in [0.3, 0.4) is 0 Å². The van der Waals surface area contributed by atoms with Crippen molar-refractivity contribution in [1.82, 2.24) is 31.9 Å². The number of amides is 6. The highest BCUT2D eigenvalue weighted by Crippen LogP contribution is 2.23. The van der Waals surface area contributed by atoms with Crippen LogP contribution in [0.5, 0.6) is 0 Å². The molecule has 0 saturated heterocycles. The smallest absolute Gasteiger partial charge is 0.391 e. The molecule has 0 unspecified atom stereocenters. The zero-order valence-electron chi connectivity index (χ0n) is 35.4. The summed E-state index contributed by atoms with van der Waals surface area (Å²) in [6, 6.07) is -2.60. The number of nitrogens with one attached hydrogen (secondary N) is 6. The van der Waals surface area contributed by atoms with Gasteiger partial charge < -0.3 is 51.3 Å². The van der Waals surface area contributed by atoms with Gasteiger partial charge in [-0.05, 0) is 42.2 Å². The zero-order chi connectivity index (χ0) is 47.8. The Morgan fingerprint density at radius 3 is 1.86 bits per heavy atom. The van der Waals surface area contributed by atoms with Gasteiger partial charge in [0.15, 0.2) is 5.43 Å². The highest BCUT2D eigenvalue weighted by molar-refractivity contribution is 6.00. The summed E-state index contributed by atoms with van der Waals surface area (Å²) in [7, 11) is 0. The number of aliphatic carboxylic acids is 2. The monoisotopic (exact) mass is 894 g/mol. The molecule has 1 heterocycles. The first kappa shape index (κ1) is 52.5. The Balaban J connectivity index is 2.50. The molecule has 0 saturated carbocycles. The second kappa shape index (κ2) is 23.6. The van der Waals surface area contributed by atoms with Crippen LogP contribution in [0.2, 0.25) is 0 Å². The van der Waals surface area contributed by atoms with Gasteiger partial charge in [-0.3, -0.25) is 43.2 Å². The molecule has 8 N–H and O–H groups in total. The zero-order valence-corrected chi connectivity index (χ0v) is 35.4. The quantitative estimate of drug-likeness (QED) is 0.0731. The molecule has 0 bridgehead atoms. The molecule has 63 heavy (non-hydrogen) atoms. The first-order valence-corrected chi connectivity index (χ1v) is 19.6. The van der Waals surface area contributed by atoms with Crippen LogP contribution in [0.1, 0.15) is 88.2 Å². The third-order valence-corrected chi connectivity index (χ3v) is 9.29. The molecule has 2 aromatic rings. The number of carboxylic acids is 2. The summed E-state index contributed by atoms with van der Waals surface area (Å²) in [5.74, 6) is -9.95. The van der Waals surface area contributed by atoms with Gasteiger partial charge in [0.05, 0.1) is 25.1 Å².